The summed E-state index contributed by atoms with van der Waals surface area (Å²) in [4.78, 5) is 38.5. The second-order valence-electron chi connectivity index (χ2n) is 7.62. The number of rotatable bonds is 3. The molecule has 0 aromatic carbocycles. The molecule has 0 aromatic heterocycles. The average Bonchev–Trinajstić information content (AvgIpc) is 2.78. The normalized spacial score (nSPS) is 36.8. The van der Waals surface area contributed by atoms with Gasteiger partial charge in [-0.2, -0.15) is 0 Å². The maximum absolute atomic E-state index is 12.8. The molecule has 24 heavy (non-hydrogen) atoms. The van der Waals surface area contributed by atoms with Gasteiger partial charge in [-0.25, -0.2) is 4.79 Å². The molecule has 0 bridgehead atoms. The first kappa shape index (κ1) is 17.2. The summed E-state index contributed by atoms with van der Waals surface area (Å²) in [6.45, 7) is 1.81. The van der Waals surface area contributed by atoms with E-state index in [9.17, 15) is 14.4 Å². The van der Waals surface area contributed by atoms with Crippen molar-refractivity contribution in [3.05, 3.63) is 0 Å². The Morgan fingerprint density at radius 2 is 1.96 bits per heavy atom. The summed E-state index contributed by atoms with van der Waals surface area (Å²) in [5, 5.41) is 5.82. The second-order valence-corrected chi connectivity index (χ2v) is 7.62. The Morgan fingerprint density at radius 3 is 2.62 bits per heavy atom. The minimum Gasteiger partial charge on any atom is -0.352 e. The van der Waals surface area contributed by atoms with Crippen LogP contribution in [0.3, 0.4) is 0 Å². The number of hydrogen-bond acceptors (Lipinski definition) is 4. The third kappa shape index (κ3) is 3.14. The van der Waals surface area contributed by atoms with Gasteiger partial charge in [0.2, 0.25) is 5.91 Å². The Labute approximate surface area is 142 Å². The Hall–Kier alpha value is -1.63. The highest BCUT2D eigenvalue weighted by molar-refractivity contribution is 6.09. The monoisotopic (exact) mass is 336 g/mol. The standard InChI is InChI=1S/C17H28N4O3/c1-11-4-2-3-9-17(11)15(23)21(16(24)20-17)10-14(22)19-13-7-5-12(18)6-8-13/h11-13H,2-10,18H2,1H3,(H,19,22)(H,20,24). The number of carbonyl (C=O) groups excluding carboxylic acids is 3. The van der Waals surface area contributed by atoms with Crippen molar-refractivity contribution in [1.29, 1.82) is 0 Å². The molecule has 3 rings (SSSR count). The summed E-state index contributed by atoms with van der Waals surface area (Å²) < 4.78 is 0. The molecule has 1 saturated heterocycles. The van der Waals surface area contributed by atoms with Gasteiger partial charge in [-0.15, -0.1) is 0 Å². The Bertz CT molecular complexity index is 530. The van der Waals surface area contributed by atoms with Crippen molar-refractivity contribution in [3.63, 3.8) is 0 Å². The van der Waals surface area contributed by atoms with Crippen LogP contribution in [0.25, 0.3) is 0 Å². The van der Waals surface area contributed by atoms with Crippen LogP contribution >= 0.6 is 0 Å². The molecule has 4 amide bonds. The van der Waals surface area contributed by atoms with E-state index in [4.69, 9.17) is 5.73 Å². The maximum Gasteiger partial charge on any atom is 0.325 e. The summed E-state index contributed by atoms with van der Waals surface area (Å²) in [5.41, 5.74) is 5.07. The first-order valence-electron chi connectivity index (χ1n) is 9.11. The average molecular weight is 336 g/mol. The van der Waals surface area contributed by atoms with Crippen molar-refractivity contribution in [2.45, 2.75) is 75.9 Å². The topological polar surface area (TPSA) is 105 Å². The van der Waals surface area contributed by atoms with E-state index >= 15 is 0 Å². The molecule has 2 saturated carbocycles. The lowest BCUT2D eigenvalue weighted by Crippen LogP contribution is -2.54. The van der Waals surface area contributed by atoms with Crippen LogP contribution in [-0.2, 0) is 9.59 Å². The predicted molar refractivity (Wildman–Crippen MR) is 89.0 cm³/mol. The van der Waals surface area contributed by atoms with Crippen molar-refractivity contribution in [3.8, 4) is 0 Å². The fourth-order valence-corrected chi connectivity index (χ4v) is 4.32. The molecule has 0 aromatic rings. The van der Waals surface area contributed by atoms with Gasteiger partial charge in [0, 0.05) is 12.1 Å². The highest BCUT2D eigenvalue weighted by Crippen LogP contribution is 2.38. The minimum atomic E-state index is -0.798. The maximum atomic E-state index is 12.8. The van der Waals surface area contributed by atoms with Gasteiger partial charge in [-0.3, -0.25) is 14.5 Å². The molecular weight excluding hydrogens is 308 g/mol. The molecule has 134 valence electrons. The van der Waals surface area contributed by atoms with Crippen LogP contribution in [0.2, 0.25) is 0 Å². The summed E-state index contributed by atoms with van der Waals surface area (Å²) in [5.74, 6) is -0.393. The third-order valence-electron chi connectivity index (χ3n) is 5.94. The number of amides is 4. The number of nitrogens with zero attached hydrogens (tertiary/aromatic N) is 1. The van der Waals surface area contributed by atoms with Crippen molar-refractivity contribution in [1.82, 2.24) is 15.5 Å². The lowest BCUT2D eigenvalue weighted by molar-refractivity contribution is -0.137. The van der Waals surface area contributed by atoms with Crippen LogP contribution in [0.15, 0.2) is 0 Å². The number of hydrogen-bond donors (Lipinski definition) is 3. The van der Waals surface area contributed by atoms with Gasteiger partial charge in [-0.1, -0.05) is 19.8 Å². The highest BCUT2D eigenvalue weighted by atomic mass is 16.2. The molecule has 1 heterocycles. The molecule has 7 nitrogen and oxygen atoms in total. The number of carbonyl (C=O) groups is 3. The van der Waals surface area contributed by atoms with Gasteiger partial charge in [0.05, 0.1) is 0 Å². The fraction of sp³-hybridized carbons (Fsp3) is 0.824. The zero-order valence-corrected chi connectivity index (χ0v) is 14.3. The molecule has 0 radical (unpaired) electrons. The number of nitrogens with two attached hydrogens (primary N) is 1. The first-order chi connectivity index (χ1) is 11.4. The van der Waals surface area contributed by atoms with E-state index in [1.807, 2.05) is 6.92 Å². The molecule has 2 aliphatic carbocycles. The van der Waals surface area contributed by atoms with E-state index in [1.54, 1.807) is 0 Å². The van der Waals surface area contributed by atoms with Gasteiger partial charge < -0.3 is 16.4 Å². The molecule has 1 aliphatic heterocycles. The smallest absolute Gasteiger partial charge is 0.325 e. The van der Waals surface area contributed by atoms with Crippen molar-refractivity contribution in [2.24, 2.45) is 11.7 Å². The Balaban J connectivity index is 1.59. The van der Waals surface area contributed by atoms with E-state index in [0.29, 0.717) is 6.42 Å². The van der Waals surface area contributed by atoms with E-state index in [2.05, 4.69) is 10.6 Å². The van der Waals surface area contributed by atoms with E-state index in [-0.39, 0.29) is 36.4 Å². The zero-order chi connectivity index (χ0) is 17.3. The Morgan fingerprint density at radius 1 is 1.25 bits per heavy atom. The highest BCUT2D eigenvalue weighted by Gasteiger charge is 2.55. The number of nitrogens with one attached hydrogen (secondary N) is 2. The molecule has 4 N–H and O–H groups in total. The molecule has 1 spiro atoms. The van der Waals surface area contributed by atoms with Crippen molar-refractivity contribution >= 4 is 17.8 Å². The van der Waals surface area contributed by atoms with Crippen LogP contribution < -0.4 is 16.4 Å². The minimum absolute atomic E-state index is 0.0978. The summed E-state index contributed by atoms with van der Waals surface area (Å²) in [6, 6.07) is -0.119. The number of urea groups is 1. The van der Waals surface area contributed by atoms with Crippen molar-refractivity contribution < 1.29 is 14.4 Å². The van der Waals surface area contributed by atoms with Crippen LogP contribution in [0.5, 0.6) is 0 Å². The van der Waals surface area contributed by atoms with Gasteiger partial charge in [0.1, 0.15) is 12.1 Å². The zero-order valence-electron chi connectivity index (χ0n) is 14.3. The van der Waals surface area contributed by atoms with Crippen LogP contribution in [0.4, 0.5) is 4.79 Å². The molecule has 3 fully saturated rings. The lowest BCUT2D eigenvalue weighted by Gasteiger charge is -2.36. The second kappa shape index (κ2) is 6.70. The summed E-state index contributed by atoms with van der Waals surface area (Å²) >= 11 is 0. The van der Waals surface area contributed by atoms with Crippen LogP contribution in [0, 0.1) is 5.92 Å². The van der Waals surface area contributed by atoms with Gasteiger partial charge in [0.25, 0.3) is 5.91 Å². The summed E-state index contributed by atoms with van der Waals surface area (Å²) in [7, 11) is 0. The quantitative estimate of drug-likeness (QED) is 0.665. The van der Waals surface area contributed by atoms with Crippen LogP contribution in [0.1, 0.15) is 58.3 Å². The van der Waals surface area contributed by atoms with Crippen molar-refractivity contribution in [2.75, 3.05) is 6.54 Å². The molecular formula is C17H28N4O3. The fourth-order valence-electron chi connectivity index (χ4n) is 4.32. The number of imide groups is 1. The van der Waals surface area contributed by atoms with E-state index in [0.717, 1.165) is 49.8 Å². The van der Waals surface area contributed by atoms with Crippen LogP contribution in [-0.4, -0.2) is 46.9 Å². The SMILES string of the molecule is CC1CCCCC12NC(=O)N(CC(=O)NC1CCC(N)CC1)C2=O. The summed E-state index contributed by atoms with van der Waals surface area (Å²) in [6.07, 6.45) is 7.10. The first-order valence-corrected chi connectivity index (χ1v) is 9.11. The lowest BCUT2D eigenvalue weighted by atomic mass is 9.73. The third-order valence-corrected chi connectivity index (χ3v) is 5.94. The van der Waals surface area contributed by atoms with Gasteiger partial charge in [-0.05, 0) is 44.4 Å². The molecule has 7 heteroatoms. The van der Waals surface area contributed by atoms with E-state index < -0.39 is 11.6 Å². The molecule has 2 unspecified atom stereocenters. The largest absolute Gasteiger partial charge is 0.352 e. The molecule has 3 aliphatic rings. The van der Waals surface area contributed by atoms with Gasteiger partial charge in [0.15, 0.2) is 0 Å². The Kier molecular flexibility index (Phi) is 4.80. The predicted octanol–water partition coefficient (Wildman–Crippen LogP) is 0.873. The van der Waals surface area contributed by atoms with Gasteiger partial charge >= 0.3 is 6.03 Å². The molecule has 2 atom stereocenters. The van der Waals surface area contributed by atoms with E-state index in [1.165, 1.54) is 0 Å².